The van der Waals surface area contributed by atoms with Crippen LogP contribution in [0.15, 0.2) is 76.3 Å². The molecule has 0 saturated heterocycles. The van der Waals surface area contributed by atoms with Gasteiger partial charge in [0.25, 0.3) is 11.5 Å². The molecule has 1 heterocycles. The summed E-state index contributed by atoms with van der Waals surface area (Å²) in [5.74, 6) is -1.24. The maximum atomic E-state index is 13.1. The highest BCUT2D eigenvalue weighted by Gasteiger charge is 2.25. The van der Waals surface area contributed by atoms with Gasteiger partial charge in [-0.15, -0.1) is 0 Å². The molecule has 0 aliphatic carbocycles. The van der Waals surface area contributed by atoms with E-state index in [1.807, 2.05) is 0 Å². The third kappa shape index (κ3) is 5.30. The van der Waals surface area contributed by atoms with Gasteiger partial charge in [-0.2, -0.15) is 0 Å². The predicted octanol–water partition coefficient (Wildman–Crippen LogP) is 3.90. The Morgan fingerprint density at radius 2 is 1.59 bits per heavy atom. The number of hydrogen-bond acceptors (Lipinski definition) is 5. The van der Waals surface area contributed by atoms with Crippen molar-refractivity contribution in [2.24, 2.45) is 7.05 Å². The van der Waals surface area contributed by atoms with E-state index in [-0.39, 0.29) is 28.6 Å². The molecule has 1 amide bonds. The summed E-state index contributed by atoms with van der Waals surface area (Å²) in [6, 6.07) is 17.1. The number of carbonyl (C=O) groups excluding carboxylic acids is 2. The molecule has 1 aromatic heterocycles. The van der Waals surface area contributed by atoms with Crippen molar-refractivity contribution in [3.63, 3.8) is 0 Å². The molecule has 1 atom stereocenters. The third-order valence-corrected chi connectivity index (χ3v) is 6.51. The van der Waals surface area contributed by atoms with Crippen LogP contribution in [0.2, 0.25) is 10.0 Å². The molecule has 1 N–H and O–H groups in total. The summed E-state index contributed by atoms with van der Waals surface area (Å²) >= 11 is 12.3. The molecule has 10 heteroatoms. The molecule has 0 unspecified atom stereocenters. The minimum Gasteiger partial charge on any atom is -0.464 e. The minimum absolute atomic E-state index is 0.0574. The number of nitrogens with zero attached hydrogens (tertiary/aromatic N) is 2. The van der Waals surface area contributed by atoms with Gasteiger partial charge in [0.15, 0.2) is 0 Å². The Hall–Kier alpha value is -3.88. The Morgan fingerprint density at radius 1 is 0.946 bits per heavy atom. The molecule has 190 valence electrons. The topological polar surface area (TPSA) is 99.4 Å². The van der Waals surface area contributed by atoms with Crippen molar-refractivity contribution in [1.82, 2.24) is 14.5 Å². The van der Waals surface area contributed by atoms with Crippen LogP contribution in [0.25, 0.3) is 16.6 Å². The van der Waals surface area contributed by atoms with Gasteiger partial charge in [0, 0.05) is 13.5 Å². The Balaban J connectivity index is 1.64. The van der Waals surface area contributed by atoms with Gasteiger partial charge in [-0.1, -0.05) is 53.5 Å². The van der Waals surface area contributed by atoms with E-state index in [0.29, 0.717) is 22.2 Å². The summed E-state index contributed by atoms with van der Waals surface area (Å²) in [5.41, 5.74) is 0.723. The van der Waals surface area contributed by atoms with Crippen molar-refractivity contribution in [3.05, 3.63) is 109 Å². The van der Waals surface area contributed by atoms with E-state index in [4.69, 9.17) is 27.9 Å². The lowest BCUT2D eigenvalue weighted by molar-refractivity contribution is -0.145. The largest absolute Gasteiger partial charge is 0.464 e. The van der Waals surface area contributed by atoms with Crippen molar-refractivity contribution >= 4 is 46.0 Å². The van der Waals surface area contributed by atoms with E-state index in [1.54, 1.807) is 68.6 Å². The van der Waals surface area contributed by atoms with Crippen molar-refractivity contribution in [2.75, 3.05) is 6.61 Å². The molecule has 37 heavy (non-hydrogen) atoms. The maximum Gasteiger partial charge on any atom is 0.335 e. The van der Waals surface area contributed by atoms with Crippen molar-refractivity contribution < 1.29 is 14.3 Å². The van der Waals surface area contributed by atoms with Crippen LogP contribution in [0, 0.1) is 0 Å². The maximum absolute atomic E-state index is 13.1. The molecule has 0 aliphatic rings. The Morgan fingerprint density at radius 3 is 2.24 bits per heavy atom. The van der Waals surface area contributed by atoms with Gasteiger partial charge in [-0.05, 0) is 48.9 Å². The summed E-state index contributed by atoms with van der Waals surface area (Å²) in [4.78, 5) is 51.5. The normalized spacial score (nSPS) is 11.8. The van der Waals surface area contributed by atoms with Crippen LogP contribution < -0.4 is 16.6 Å². The quantitative estimate of drug-likeness (QED) is 0.359. The number of halogens is 2. The number of rotatable bonds is 7. The van der Waals surface area contributed by atoms with Gasteiger partial charge in [0.2, 0.25) is 0 Å². The average Bonchev–Trinajstić information content (AvgIpc) is 2.88. The molecule has 4 aromatic rings. The summed E-state index contributed by atoms with van der Waals surface area (Å²) in [5, 5.41) is 3.37. The molecule has 0 saturated carbocycles. The van der Waals surface area contributed by atoms with Gasteiger partial charge in [-0.25, -0.2) is 14.2 Å². The fraction of sp³-hybridized carbons (Fsp3) is 0.185. The highest BCUT2D eigenvalue weighted by molar-refractivity contribution is 6.39. The molecular formula is C27H23Cl2N3O5. The van der Waals surface area contributed by atoms with Crippen LogP contribution in [-0.2, 0) is 23.0 Å². The molecule has 0 spiro atoms. The van der Waals surface area contributed by atoms with Crippen LogP contribution in [0.1, 0.15) is 22.8 Å². The average molecular weight is 540 g/mol. The van der Waals surface area contributed by atoms with Crippen molar-refractivity contribution in [1.29, 1.82) is 0 Å². The lowest BCUT2D eigenvalue weighted by atomic mass is 10.0. The first-order valence-electron chi connectivity index (χ1n) is 11.4. The number of fused-ring (bicyclic) bond motifs is 1. The second-order valence-electron chi connectivity index (χ2n) is 8.24. The van der Waals surface area contributed by atoms with E-state index in [9.17, 15) is 19.2 Å². The number of ether oxygens (including phenoxy) is 1. The van der Waals surface area contributed by atoms with Crippen LogP contribution >= 0.6 is 23.2 Å². The second kappa shape index (κ2) is 11.0. The molecule has 0 bridgehead atoms. The number of nitrogens with one attached hydrogen (secondary N) is 1. The summed E-state index contributed by atoms with van der Waals surface area (Å²) < 4.78 is 7.65. The zero-order valence-corrected chi connectivity index (χ0v) is 21.5. The summed E-state index contributed by atoms with van der Waals surface area (Å²) in [7, 11) is 1.60. The fourth-order valence-electron chi connectivity index (χ4n) is 4.03. The van der Waals surface area contributed by atoms with Gasteiger partial charge in [0.05, 0.1) is 38.8 Å². The first-order chi connectivity index (χ1) is 17.7. The predicted molar refractivity (Wildman–Crippen MR) is 143 cm³/mol. The zero-order valence-electron chi connectivity index (χ0n) is 20.0. The first-order valence-corrected chi connectivity index (χ1v) is 12.2. The summed E-state index contributed by atoms with van der Waals surface area (Å²) in [6.07, 6.45) is 0.0948. The van der Waals surface area contributed by atoms with Crippen molar-refractivity contribution in [2.45, 2.75) is 19.4 Å². The smallest absolute Gasteiger partial charge is 0.335 e. The zero-order chi connectivity index (χ0) is 26.7. The molecule has 8 nitrogen and oxygen atoms in total. The van der Waals surface area contributed by atoms with Gasteiger partial charge >= 0.3 is 11.7 Å². The van der Waals surface area contributed by atoms with Crippen LogP contribution in [0.4, 0.5) is 0 Å². The number of aromatic nitrogens is 2. The van der Waals surface area contributed by atoms with Crippen molar-refractivity contribution in [3.8, 4) is 5.69 Å². The minimum atomic E-state index is -1.03. The molecule has 0 radical (unpaired) electrons. The molecule has 3 aromatic carbocycles. The Labute approximate surface area is 222 Å². The van der Waals surface area contributed by atoms with Gasteiger partial charge in [-0.3, -0.25) is 14.2 Å². The fourth-order valence-corrected chi connectivity index (χ4v) is 4.60. The number of benzene rings is 3. The molecule has 4 rings (SSSR count). The van der Waals surface area contributed by atoms with E-state index < -0.39 is 29.2 Å². The van der Waals surface area contributed by atoms with E-state index >= 15 is 0 Å². The van der Waals surface area contributed by atoms with E-state index in [2.05, 4.69) is 5.32 Å². The number of amides is 1. The molecule has 0 aliphatic heterocycles. The standard InChI is InChI=1S/C27H23Cl2N3O5/c1-3-37-26(35)21(30-24(33)23-19(28)8-6-9-20(23)29)15-16-11-13-17(14-12-16)32-25(34)18-7-4-5-10-22(18)31(2)27(32)36/h4-14,21H,3,15H2,1-2H3,(H,30,33)/t21-/m0/s1. The van der Waals surface area contributed by atoms with E-state index in [1.165, 1.54) is 16.7 Å². The number of carbonyl (C=O) groups is 2. The van der Waals surface area contributed by atoms with Crippen LogP contribution in [0.3, 0.4) is 0 Å². The number of esters is 1. The lowest BCUT2D eigenvalue weighted by Gasteiger charge is -2.18. The SMILES string of the molecule is CCOC(=O)[C@H](Cc1ccc(-n2c(=O)c3ccccc3n(C)c2=O)cc1)NC(=O)c1c(Cl)cccc1Cl. The Kier molecular flexibility index (Phi) is 7.80. The van der Waals surface area contributed by atoms with E-state index in [0.717, 1.165) is 4.57 Å². The van der Waals surface area contributed by atoms with Gasteiger partial charge < -0.3 is 10.1 Å². The first kappa shape index (κ1) is 26.2. The highest BCUT2D eigenvalue weighted by Crippen LogP contribution is 2.24. The monoisotopic (exact) mass is 539 g/mol. The van der Waals surface area contributed by atoms with Crippen LogP contribution in [0.5, 0.6) is 0 Å². The second-order valence-corrected chi connectivity index (χ2v) is 9.06. The molecule has 0 fully saturated rings. The number of aryl methyl sites for hydroxylation is 1. The van der Waals surface area contributed by atoms with Gasteiger partial charge in [0.1, 0.15) is 6.04 Å². The highest BCUT2D eigenvalue weighted by atomic mass is 35.5. The number of para-hydroxylation sites is 1. The number of hydrogen-bond donors (Lipinski definition) is 1. The van der Waals surface area contributed by atoms with Crippen LogP contribution in [-0.4, -0.2) is 33.7 Å². The Bertz CT molecular complexity index is 1590. The molecular weight excluding hydrogens is 517 g/mol. The lowest BCUT2D eigenvalue weighted by Crippen LogP contribution is -2.43. The third-order valence-electron chi connectivity index (χ3n) is 5.88. The summed E-state index contributed by atoms with van der Waals surface area (Å²) in [6.45, 7) is 1.80.